The van der Waals surface area contributed by atoms with E-state index >= 15 is 0 Å². The minimum absolute atomic E-state index is 1.51. The van der Waals surface area contributed by atoms with Crippen molar-refractivity contribution < 1.29 is 57.2 Å². The lowest BCUT2D eigenvalue weighted by molar-refractivity contribution is -0.247. The third-order valence-electron chi connectivity index (χ3n) is 4.63. The summed E-state index contributed by atoms with van der Waals surface area (Å²) in [7, 11) is 0. The standard InChI is InChI=1S/C18H12Cl12O12/c19-7(20)13(32)37-2-1(12(31)42-18(29)30)3(38-14(33)8(21)22)5(40-16(35)10(25)26)6(41-17(36)11(27)28)4(2)39-15(34)9(23)24/h1-11,18H. The van der Waals surface area contributed by atoms with Gasteiger partial charge in [0, 0.05) is 0 Å². The molecule has 0 saturated heterocycles. The number of ether oxygens (including phenoxy) is 6. The number of halogens is 12. The molecule has 24 heteroatoms. The Morgan fingerprint density at radius 3 is 0.810 bits per heavy atom. The highest BCUT2D eigenvalue weighted by molar-refractivity contribution is 6.54. The summed E-state index contributed by atoms with van der Waals surface area (Å²) in [5.74, 6) is -11.4. The number of hydrogen-bond donors (Lipinski definition) is 0. The molecule has 1 saturated carbocycles. The fraction of sp³-hybridized carbons (Fsp3) is 0.667. The third kappa shape index (κ3) is 11.9. The zero-order valence-electron chi connectivity index (χ0n) is 19.4. The van der Waals surface area contributed by atoms with Crippen LogP contribution in [0.2, 0.25) is 0 Å². The van der Waals surface area contributed by atoms with Crippen LogP contribution in [0.25, 0.3) is 0 Å². The van der Waals surface area contributed by atoms with Gasteiger partial charge >= 0.3 is 35.8 Å². The van der Waals surface area contributed by atoms with E-state index < -0.39 is 101 Å². The molecule has 12 nitrogen and oxygen atoms in total. The van der Waals surface area contributed by atoms with Gasteiger partial charge in [-0.1, -0.05) is 139 Å². The van der Waals surface area contributed by atoms with Gasteiger partial charge < -0.3 is 28.4 Å². The minimum atomic E-state index is -2.28. The van der Waals surface area contributed by atoms with Crippen molar-refractivity contribution in [2.24, 2.45) is 5.92 Å². The highest BCUT2D eigenvalue weighted by atomic mass is 35.6. The molecule has 4 atom stereocenters. The molecule has 0 bridgehead atoms. The SMILES string of the molecule is O=C(OC1C(OC(=O)C(Cl)Cl)C(OC(=O)C(Cl)Cl)C(C(=O)OC(Cl)Cl)C(OC(=O)C(Cl)Cl)C1OC(=O)C(Cl)Cl)C(Cl)Cl. The summed E-state index contributed by atoms with van der Waals surface area (Å²) in [4.78, 5) is 65.9. The Labute approximate surface area is 295 Å². The molecule has 0 aromatic rings. The zero-order valence-corrected chi connectivity index (χ0v) is 28.4. The lowest BCUT2D eigenvalue weighted by Crippen LogP contribution is -2.68. The monoisotopic (exact) mass is 840 g/mol. The summed E-state index contributed by atoms with van der Waals surface area (Å²) in [5.41, 5.74) is 0. The van der Waals surface area contributed by atoms with E-state index in [0.29, 0.717) is 0 Å². The number of carbonyl (C=O) groups excluding carboxylic acids is 6. The van der Waals surface area contributed by atoms with Crippen LogP contribution in [-0.2, 0) is 57.2 Å². The van der Waals surface area contributed by atoms with Crippen LogP contribution < -0.4 is 0 Å². The van der Waals surface area contributed by atoms with Gasteiger partial charge in [0.05, 0.1) is 0 Å². The Morgan fingerprint density at radius 2 is 0.595 bits per heavy atom. The summed E-state index contributed by atoms with van der Waals surface area (Å²) in [6.45, 7) is 0. The maximum Gasteiger partial charge on any atom is 0.340 e. The molecule has 0 aromatic carbocycles. The first-order valence-corrected chi connectivity index (χ1v) is 15.5. The molecule has 4 unspecified atom stereocenters. The van der Waals surface area contributed by atoms with Crippen LogP contribution in [-0.4, -0.2) is 95.5 Å². The molecular formula is C18H12Cl12O12. The molecular weight excluding hydrogens is 834 g/mol. The average Bonchev–Trinajstić information content (AvgIpc) is 2.86. The van der Waals surface area contributed by atoms with Gasteiger partial charge in [0.1, 0.15) is 5.92 Å². The molecule has 1 fully saturated rings. The van der Waals surface area contributed by atoms with Gasteiger partial charge in [-0.25, -0.2) is 24.0 Å². The molecule has 0 amide bonds. The van der Waals surface area contributed by atoms with Crippen molar-refractivity contribution in [2.75, 3.05) is 0 Å². The predicted molar refractivity (Wildman–Crippen MR) is 152 cm³/mol. The van der Waals surface area contributed by atoms with Gasteiger partial charge in [-0.05, 0) is 0 Å². The van der Waals surface area contributed by atoms with Crippen LogP contribution in [0.1, 0.15) is 0 Å². The molecule has 0 aromatic heterocycles. The van der Waals surface area contributed by atoms with Crippen molar-refractivity contribution in [3.63, 3.8) is 0 Å². The van der Waals surface area contributed by atoms with E-state index in [1.807, 2.05) is 0 Å². The third-order valence-corrected chi connectivity index (χ3v) is 6.59. The molecule has 1 rings (SSSR count). The number of carbonyl (C=O) groups is 6. The highest BCUT2D eigenvalue weighted by Gasteiger charge is 2.63. The summed E-state index contributed by atoms with van der Waals surface area (Å²) in [6.07, 6.45) is -11.4. The number of rotatable bonds is 12. The Balaban J connectivity index is 4.09. The van der Waals surface area contributed by atoms with Crippen molar-refractivity contribution in [1.29, 1.82) is 0 Å². The normalized spacial score (nSPS) is 24.1. The first-order chi connectivity index (χ1) is 19.3. The fourth-order valence-corrected chi connectivity index (χ4v) is 3.89. The Morgan fingerprint density at radius 1 is 0.381 bits per heavy atom. The Hall–Kier alpha value is 0.300. The molecule has 0 aliphatic heterocycles. The second kappa shape index (κ2) is 18.4. The summed E-state index contributed by atoms with van der Waals surface area (Å²) in [5, 5.41) is -1.93. The van der Waals surface area contributed by atoms with Crippen molar-refractivity contribution in [3.8, 4) is 0 Å². The molecule has 240 valence electrons. The molecule has 0 radical (unpaired) electrons. The summed E-state index contributed by atoms with van der Waals surface area (Å²) >= 11 is 66.7. The summed E-state index contributed by atoms with van der Waals surface area (Å²) < 4.78 is 30.5. The van der Waals surface area contributed by atoms with Gasteiger partial charge in [-0.3, -0.25) is 4.79 Å². The van der Waals surface area contributed by atoms with Gasteiger partial charge in [0.25, 0.3) is 5.02 Å². The van der Waals surface area contributed by atoms with E-state index in [1.165, 1.54) is 0 Å². The number of esters is 6. The van der Waals surface area contributed by atoms with Crippen LogP contribution in [0.3, 0.4) is 0 Å². The maximum absolute atomic E-state index is 13.3. The molecule has 1 aliphatic carbocycles. The second-order valence-electron chi connectivity index (χ2n) is 7.23. The molecule has 1 aliphatic rings. The van der Waals surface area contributed by atoms with Crippen molar-refractivity contribution in [3.05, 3.63) is 0 Å². The van der Waals surface area contributed by atoms with Gasteiger partial charge in [0.15, 0.2) is 30.5 Å². The smallest absolute Gasteiger partial charge is 0.340 e. The largest absolute Gasteiger partial charge is 0.455 e. The lowest BCUT2D eigenvalue weighted by atomic mass is 9.77. The van der Waals surface area contributed by atoms with Crippen LogP contribution in [0.4, 0.5) is 0 Å². The number of alkyl halides is 12. The Bertz CT molecular complexity index is 954. The zero-order chi connectivity index (χ0) is 32.6. The minimum Gasteiger partial charge on any atom is -0.455 e. The molecule has 42 heavy (non-hydrogen) atoms. The van der Waals surface area contributed by atoms with E-state index in [2.05, 4.69) is 0 Å². The van der Waals surface area contributed by atoms with Crippen molar-refractivity contribution >= 4 is 175 Å². The van der Waals surface area contributed by atoms with E-state index in [-0.39, 0.29) is 0 Å². The topological polar surface area (TPSA) is 158 Å². The van der Waals surface area contributed by atoms with Crippen LogP contribution >= 0.6 is 139 Å². The van der Waals surface area contributed by atoms with Gasteiger partial charge in [-0.2, -0.15) is 0 Å². The molecule has 0 spiro atoms. The van der Waals surface area contributed by atoms with Crippen LogP contribution in [0.5, 0.6) is 0 Å². The van der Waals surface area contributed by atoms with Crippen LogP contribution in [0, 0.1) is 5.92 Å². The molecule has 0 heterocycles. The maximum atomic E-state index is 13.3. The lowest BCUT2D eigenvalue weighted by Gasteiger charge is -2.47. The molecule has 0 N–H and O–H groups in total. The second-order valence-corrected chi connectivity index (χ2v) is 13.7. The highest BCUT2D eigenvalue weighted by Crippen LogP contribution is 2.39. The van der Waals surface area contributed by atoms with Gasteiger partial charge in [-0.15, -0.1) is 0 Å². The number of hydrogen-bond acceptors (Lipinski definition) is 12. The van der Waals surface area contributed by atoms with E-state index in [1.54, 1.807) is 0 Å². The van der Waals surface area contributed by atoms with E-state index in [9.17, 15) is 28.8 Å². The first kappa shape index (κ1) is 40.3. The van der Waals surface area contributed by atoms with Crippen LogP contribution in [0.15, 0.2) is 0 Å². The predicted octanol–water partition coefficient (Wildman–Crippen LogP) is 4.50. The quantitative estimate of drug-likeness (QED) is 0.154. The fourth-order valence-electron chi connectivity index (χ4n) is 3.20. The summed E-state index contributed by atoms with van der Waals surface area (Å²) in [6, 6.07) is 0. The van der Waals surface area contributed by atoms with E-state index in [4.69, 9.17) is 168 Å². The Kier molecular flexibility index (Phi) is 17.7. The van der Waals surface area contributed by atoms with Gasteiger partial charge in [0.2, 0.25) is 24.2 Å². The van der Waals surface area contributed by atoms with Crippen molar-refractivity contribution in [2.45, 2.75) is 59.7 Å². The van der Waals surface area contributed by atoms with E-state index in [0.717, 1.165) is 0 Å². The van der Waals surface area contributed by atoms with Crippen molar-refractivity contribution in [1.82, 2.24) is 0 Å². The average molecular weight is 846 g/mol. The first-order valence-electron chi connectivity index (χ1n) is 10.2.